The first kappa shape index (κ1) is 15.4. The van der Waals surface area contributed by atoms with E-state index in [9.17, 15) is 0 Å². The summed E-state index contributed by atoms with van der Waals surface area (Å²) >= 11 is 0. The Hall–Kier alpha value is -2.00. The summed E-state index contributed by atoms with van der Waals surface area (Å²) in [5.74, 6) is 1.78. The van der Waals surface area contributed by atoms with Crippen LogP contribution >= 0.6 is 0 Å². The average molecular weight is 285 g/mol. The highest BCUT2D eigenvalue weighted by Crippen LogP contribution is 2.27. The molecule has 21 heavy (non-hydrogen) atoms. The van der Waals surface area contributed by atoms with Crippen LogP contribution in [-0.2, 0) is 0 Å². The van der Waals surface area contributed by atoms with Crippen LogP contribution in [0.5, 0.6) is 11.5 Å². The van der Waals surface area contributed by atoms with Crippen molar-refractivity contribution in [1.82, 2.24) is 5.32 Å². The number of rotatable bonds is 7. The zero-order valence-electron chi connectivity index (χ0n) is 12.9. The van der Waals surface area contributed by atoms with Crippen LogP contribution in [0.25, 0.3) is 0 Å². The highest BCUT2D eigenvalue weighted by atomic mass is 16.5. The smallest absolute Gasteiger partial charge is 0.119 e. The largest absolute Gasteiger partial charge is 0.497 e. The minimum absolute atomic E-state index is 0.130. The third-order valence-corrected chi connectivity index (χ3v) is 3.34. The van der Waals surface area contributed by atoms with E-state index in [4.69, 9.17) is 9.47 Å². The second kappa shape index (κ2) is 7.70. The van der Waals surface area contributed by atoms with E-state index >= 15 is 0 Å². The van der Waals surface area contributed by atoms with Crippen molar-refractivity contribution in [3.05, 3.63) is 59.7 Å². The van der Waals surface area contributed by atoms with E-state index in [1.165, 1.54) is 11.1 Å². The molecule has 0 saturated carbocycles. The van der Waals surface area contributed by atoms with Crippen molar-refractivity contribution < 1.29 is 9.47 Å². The van der Waals surface area contributed by atoms with Gasteiger partial charge in [0.25, 0.3) is 0 Å². The third-order valence-electron chi connectivity index (χ3n) is 3.34. The van der Waals surface area contributed by atoms with Crippen molar-refractivity contribution in [2.45, 2.75) is 19.9 Å². The molecule has 2 rings (SSSR count). The number of nitrogens with one attached hydrogen (secondary N) is 1. The maximum Gasteiger partial charge on any atom is 0.119 e. The maximum absolute atomic E-state index is 5.60. The number of hydrogen-bond donors (Lipinski definition) is 1. The molecule has 1 unspecified atom stereocenters. The first-order chi connectivity index (χ1) is 10.3. The van der Waals surface area contributed by atoms with Crippen molar-refractivity contribution in [3.63, 3.8) is 0 Å². The Kier molecular flexibility index (Phi) is 5.64. The minimum Gasteiger partial charge on any atom is -0.497 e. The highest BCUT2D eigenvalue weighted by molar-refractivity contribution is 5.39. The summed E-state index contributed by atoms with van der Waals surface area (Å²) in [5, 5.41) is 3.52. The Balaban J connectivity index is 2.35. The summed E-state index contributed by atoms with van der Waals surface area (Å²) in [5.41, 5.74) is 2.38. The molecule has 0 fully saturated rings. The predicted molar refractivity (Wildman–Crippen MR) is 86.1 cm³/mol. The van der Waals surface area contributed by atoms with Crippen LogP contribution in [0.3, 0.4) is 0 Å². The molecule has 3 heteroatoms. The Morgan fingerprint density at radius 3 is 2.14 bits per heavy atom. The Morgan fingerprint density at radius 1 is 0.952 bits per heavy atom. The molecule has 1 atom stereocenters. The van der Waals surface area contributed by atoms with Crippen LogP contribution in [0.2, 0.25) is 0 Å². The van der Waals surface area contributed by atoms with Crippen LogP contribution in [0.15, 0.2) is 48.5 Å². The number of methoxy groups -OCH3 is 1. The van der Waals surface area contributed by atoms with Crippen molar-refractivity contribution in [1.29, 1.82) is 0 Å². The van der Waals surface area contributed by atoms with Gasteiger partial charge >= 0.3 is 0 Å². The summed E-state index contributed by atoms with van der Waals surface area (Å²) in [6.07, 6.45) is 0. The normalized spacial score (nSPS) is 12.0. The number of ether oxygens (including phenoxy) is 2. The molecule has 0 aliphatic carbocycles. The molecule has 2 aromatic carbocycles. The molecular weight excluding hydrogens is 262 g/mol. The molecule has 0 heterocycles. The van der Waals surface area contributed by atoms with Gasteiger partial charge in [-0.2, -0.15) is 0 Å². The second-order valence-electron chi connectivity index (χ2n) is 4.77. The van der Waals surface area contributed by atoms with Gasteiger partial charge in [-0.05, 0) is 48.9 Å². The molecule has 0 spiro atoms. The summed E-state index contributed by atoms with van der Waals surface area (Å²) in [4.78, 5) is 0. The SMILES string of the molecule is CCNC(c1cccc(OC)c1)c1cccc(OCC)c1. The zero-order valence-corrected chi connectivity index (χ0v) is 12.9. The standard InChI is InChI=1S/C18H23NO2/c1-4-19-18(14-8-6-10-16(12-14)20-3)15-9-7-11-17(13-15)21-5-2/h6-13,18-19H,4-5H2,1-3H3. The average Bonchev–Trinajstić information content (AvgIpc) is 2.53. The van der Waals surface area contributed by atoms with E-state index in [0.717, 1.165) is 18.0 Å². The second-order valence-corrected chi connectivity index (χ2v) is 4.77. The molecular formula is C18H23NO2. The van der Waals surface area contributed by atoms with Crippen LogP contribution in [-0.4, -0.2) is 20.3 Å². The summed E-state index contributed by atoms with van der Waals surface area (Å²) in [7, 11) is 1.69. The van der Waals surface area contributed by atoms with Gasteiger partial charge in [-0.15, -0.1) is 0 Å². The Bertz CT molecular complexity index is 569. The molecule has 0 radical (unpaired) electrons. The first-order valence-electron chi connectivity index (χ1n) is 7.38. The lowest BCUT2D eigenvalue weighted by Crippen LogP contribution is -2.22. The molecule has 0 aliphatic rings. The lowest BCUT2D eigenvalue weighted by atomic mass is 9.98. The molecule has 112 valence electrons. The molecule has 2 aromatic rings. The van der Waals surface area contributed by atoms with E-state index < -0.39 is 0 Å². The van der Waals surface area contributed by atoms with Gasteiger partial charge in [0.15, 0.2) is 0 Å². The monoisotopic (exact) mass is 285 g/mol. The van der Waals surface area contributed by atoms with Gasteiger partial charge in [0.05, 0.1) is 19.8 Å². The lowest BCUT2D eigenvalue weighted by Gasteiger charge is -2.20. The van der Waals surface area contributed by atoms with Crippen molar-refractivity contribution in [3.8, 4) is 11.5 Å². The maximum atomic E-state index is 5.60. The zero-order chi connectivity index (χ0) is 15.1. The minimum atomic E-state index is 0.130. The molecule has 0 aromatic heterocycles. The summed E-state index contributed by atoms with van der Waals surface area (Å²) in [6.45, 7) is 5.67. The van der Waals surface area contributed by atoms with E-state index in [-0.39, 0.29) is 6.04 Å². The van der Waals surface area contributed by atoms with Crippen LogP contribution in [0.4, 0.5) is 0 Å². The van der Waals surface area contributed by atoms with E-state index in [0.29, 0.717) is 6.61 Å². The molecule has 0 saturated heterocycles. The van der Waals surface area contributed by atoms with Crippen LogP contribution < -0.4 is 14.8 Å². The van der Waals surface area contributed by atoms with Gasteiger partial charge in [-0.25, -0.2) is 0 Å². The fraction of sp³-hybridized carbons (Fsp3) is 0.333. The van der Waals surface area contributed by atoms with Gasteiger partial charge < -0.3 is 14.8 Å². The van der Waals surface area contributed by atoms with Crippen molar-refractivity contribution in [2.24, 2.45) is 0 Å². The van der Waals surface area contributed by atoms with Gasteiger partial charge in [0.2, 0.25) is 0 Å². The van der Waals surface area contributed by atoms with Crippen molar-refractivity contribution >= 4 is 0 Å². The van der Waals surface area contributed by atoms with E-state index in [1.54, 1.807) is 7.11 Å². The van der Waals surface area contributed by atoms with E-state index in [1.807, 2.05) is 31.2 Å². The molecule has 0 bridgehead atoms. The molecule has 3 nitrogen and oxygen atoms in total. The fourth-order valence-electron chi connectivity index (χ4n) is 2.40. The fourth-order valence-corrected chi connectivity index (χ4v) is 2.40. The highest BCUT2D eigenvalue weighted by Gasteiger charge is 2.14. The van der Waals surface area contributed by atoms with Gasteiger partial charge in [-0.3, -0.25) is 0 Å². The lowest BCUT2D eigenvalue weighted by molar-refractivity contribution is 0.339. The predicted octanol–water partition coefficient (Wildman–Crippen LogP) is 3.79. The topological polar surface area (TPSA) is 30.5 Å². The van der Waals surface area contributed by atoms with Crippen LogP contribution in [0, 0.1) is 0 Å². The Morgan fingerprint density at radius 2 is 1.57 bits per heavy atom. The molecule has 0 amide bonds. The Labute approximate surface area is 126 Å². The summed E-state index contributed by atoms with van der Waals surface area (Å²) < 4.78 is 10.9. The third kappa shape index (κ3) is 3.99. The van der Waals surface area contributed by atoms with E-state index in [2.05, 4.69) is 36.5 Å². The van der Waals surface area contributed by atoms with Crippen molar-refractivity contribution in [2.75, 3.05) is 20.3 Å². The molecule has 0 aliphatic heterocycles. The van der Waals surface area contributed by atoms with Crippen LogP contribution in [0.1, 0.15) is 31.0 Å². The quantitative estimate of drug-likeness (QED) is 0.839. The van der Waals surface area contributed by atoms with Gasteiger partial charge in [0, 0.05) is 0 Å². The van der Waals surface area contributed by atoms with Gasteiger partial charge in [0.1, 0.15) is 11.5 Å². The summed E-state index contributed by atoms with van der Waals surface area (Å²) in [6, 6.07) is 16.5. The first-order valence-corrected chi connectivity index (χ1v) is 7.38. The molecule has 1 N–H and O–H groups in total. The van der Waals surface area contributed by atoms with Gasteiger partial charge in [-0.1, -0.05) is 31.2 Å². The number of benzene rings is 2. The number of hydrogen-bond acceptors (Lipinski definition) is 3.